The summed E-state index contributed by atoms with van der Waals surface area (Å²) >= 11 is 0. The van der Waals surface area contributed by atoms with Gasteiger partial charge in [0.2, 0.25) is 0 Å². The Hall–Kier alpha value is -0.810. The van der Waals surface area contributed by atoms with E-state index in [1.165, 1.54) is 0 Å². The first-order valence-corrected chi connectivity index (χ1v) is 7.60. The zero-order chi connectivity index (χ0) is 17.3. The molecule has 0 bridgehead atoms. The lowest BCUT2D eigenvalue weighted by atomic mass is 9.90. The Kier molecular flexibility index (Phi) is 5.95. The molecule has 2 rings (SSSR count). The van der Waals surface area contributed by atoms with Crippen LogP contribution < -0.4 is 0 Å². The molecule has 0 aromatic carbocycles. The topological polar surface area (TPSA) is 146 Å². The fourth-order valence-corrected chi connectivity index (χ4v) is 2.89. The summed E-state index contributed by atoms with van der Waals surface area (Å²) in [5, 5.41) is 47.7. The van der Waals surface area contributed by atoms with E-state index in [0.29, 0.717) is 6.42 Å². The van der Waals surface area contributed by atoms with Crippen LogP contribution in [0.3, 0.4) is 0 Å². The van der Waals surface area contributed by atoms with E-state index in [9.17, 15) is 25.2 Å². The largest absolute Gasteiger partial charge is 0.479 e. The summed E-state index contributed by atoms with van der Waals surface area (Å²) in [6, 6.07) is 0. The number of carboxylic acid groups (broad SMARTS) is 1. The Morgan fingerprint density at radius 2 is 1.78 bits per heavy atom. The summed E-state index contributed by atoms with van der Waals surface area (Å²) < 4.78 is 16.3. The van der Waals surface area contributed by atoms with E-state index in [0.717, 1.165) is 0 Å². The smallest absolute Gasteiger partial charge is 0.335 e. The summed E-state index contributed by atoms with van der Waals surface area (Å²) in [5.41, 5.74) is 0. The molecule has 0 radical (unpaired) electrons. The molecule has 23 heavy (non-hydrogen) atoms. The quantitative estimate of drug-likeness (QED) is 0.396. The molecule has 9 heteroatoms. The molecule has 4 unspecified atom stereocenters. The lowest BCUT2D eigenvalue weighted by molar-refractivity contribution is -0.317. The summed E-state index contributed by atoms with van der Waals surface area (Å²) in [7, 11) is 0. The third kappa shape index (κ3) is 3.82. The Morgan fingerprint density at radius 1 is 1.13 bits per heavy atom. The highest BCUT2D eigenvalue weighted by molar-refractivity contribution is 5.73. The van der Waals surface area contributed by atoms with Crippen LogP contribution in [0.15, 0.2) is 0 Å². The average Bonchev–Trinajstić information content (AvgIpc) is 2.51. The lowest BCUT2D eigenvalue weighted by Crippen LogP contribution is -2.61. The SMILES string of the molecule is C[C@H]1OC(CO)CC(O[C@@H]2OC(C(=O)O)[C@@H](O)C(O)[C@@H]2O)[C@@H]1C. The van der Waals surface area contributed by atoms with E-state index in [4.69, 9.17) is 19.3 Å². The van der Waals surface area contributed by atoms with Crippen LogP contribution in [-0.2, 0) is 19.0 Å². The van der Waals surface area contributed by atoms with Crippen molar-refractivity contribution in [3.05, 3.63) is 0 Å². The molecule has 5 N–H and O–H groups in total. The van der Waals surface area contributed by atoms with Crippen molar-refractivity contribution in [1.82, 2.24) is 0 Å². The van der Waals surface area contributed by atoms with E-state index in [1.54, 1.807) is 0 Å². The van der Waals surface area contributed by atoms with Crippen LogP contribution in [0, 0.1) is 5.92 Å². The van der Waals surface area contributed by atoms with E-state index >= 15 is 0 Å². The number of carboxylic acids is 1. The Morgan fingerprint density at radius 3 is 2.35 bits per heavy atom. The van der Waals surface area contributed by atoms with Crippen molar-refractivity contribution in [3.63, 3.8) is 0 Å². The van der Waals surface area contributed by atoms with Crippen LogP contribution in [-0.4, -0.2) is 87.1 Å². The lowest BCUT2D eigenvalue weighted by Gasteiger charge is -2.43. The minimum atomic E-state index is -1.75. The van der Waals surface area contributed by atoms with Gasteiger partial charge in [-0.25, -0.2) is 4.79 Å². The van der Waals surface area contributed by atoms with Crippen molar-refractivity contribution in [2.24, 2.45) is 5.92 Å². The molecule has 0 spiro atoms. The summed E-state index contributed by atoms with van der Waals surface area (Å²) in [6.07, 6.45) is -8.90. The van der Waals surface area contributed by atoms with Crippen LogP contribution >= 0.6 is 0 Å². The van der Waals surface area contributed by atoms with Crippen molar-refractivity contribution >= 4 is 5.97 Å². The maximum atomic E-state index is 11.1. The molecular formula is C14H24O9. The molecule has 2 fully saturated rings. The molecule has 2 saturated heterocycles. The summed E-state index contributed by atoms with van der Waals surface area (Å²) in [5.74, 6) is -1.56. The highest BCUT2D eigenvalue weighted by Crippen LogP contribution is 2.31. The van der Waals surface area contributed by atoms with Gasteiger partial charge in [0.1, 0.15) is 18.3 Å². The molecule has 2 heterocycles. The van der Waals surface area contributed by atoms with Gasteiger partial charge in [-0.2, -0.15) is 0 Å². The molecule has 0 aromatic heterocycles. The van der Waals surface area contributed by atoms with E-state index in [-0.39, 0.29) is 18.6 Å². The van der Waals surface area contributed by atoms with Gasteiger partial charge in [0.15, 0.2) is 12.4 Å². The highest BCUT2D eigenvalue weighted by atomic mass is 16.7. The number of hydrogen-bond acceptors (Lipinski definition) is 8. The molecule has 9 atom stereocenters. The highest BCUT2D eigenvalue weighted by Gasteiger charge is 2.49. The summed E-state index contributed by atoms with van der Waals surface area (Å²) in [4.78, 5) is 11.1. The standard InChI is InChI=1S/C14H24O9/c1-5-6(2)21-7(4-15)3-8(5)22-14-11(18)9(16)10(17)12(23-14)13(19)20/h5-12,14-18H,3-4H2,1-2H3,(H,19,20)/t5-,6-,7?,8?,9?,10+,11+,12?,14-/m1/s1. The van der Waals surface area contributed by atoms with Crippen LogP contribution in [0.5, 0.6) is 0 Å². The average molecular weight is 336 g/mol. The van der Waals surface area contributed by atoms with Gasteiger partial charge in [-0.3, -0.25) is 0 Å². The number of aliphatic hydroxyl groups excluding tert-OH is 4. The van der Waals surface area contributed by atoms with Crippen LogP contribution in [0.4, 0.5) is 0 Å². The number of ether oxygens (including phenoxy) is 3. The number of rotatable bonds is 4. The molecule has 0 saturated carbocycles. The first-order chi connectivity index (χ1) is 10.8. The molecule has 0 aliphatic carbocycles. The Bertz CT molecular complexity index is 417. The van der Waals surface area contributed by atoms with E-state index in [1.807, 2.05) is 13.8 Å². The third-order valence-corrected chi connectivity index (χ3v) is 4.55. The van der Waals surface area contributed by atoms with E-state index < -0.39 is 48.9 Å². The van der Waals surface area contributed by atoms with Gasteiger partial charge >= 0.3 is 5.97 Å². The number of carbonyl (C=O) groups is 1. The van der Waals surface area contributed by atoms with Gasteiger partial charge < -0.3 is 39.7 Å². The van der Waals surface area contributed by atoms with Crippen molar-refractivity contribution in [3.8, 4) is 0 Å². The maximum absolute atomic E-state index is 11.1. The zero-order valence-corrected chi connectivity index (χ0v) is 13.0. The van der Waals surface area contributed by atoms with Gasteiger partial charge in [0.05, 0.1) is 24.9 Å². The first kappa shape index (κ1) is 18.5. The molecule has 134 valence electrons. The second-order valence-corrected chi connectivity index (χ2v) is 6.15. The number of aliphatic hydroxyl groups is 4. The minimum absolute atomic E-state index is 0.0964. The second kappa shape index (κ2) is 7.39. The van der Waals surface area contributed by atoms with Gasteiger partial charge in [-0.15, -0.1) is 0 Å². The Labute approximate surface area is 133 Å². The van der Waals surface area contributed by atoms with Gasteiger partial charge in [-0.05, 0) is 6.92 Å². The predicted octanol–water partition coefficient (Wildman–Crippen LogP) is -1.93. The fourth-order valence-electron chi connectivity index (χ4n) is 2.89. The predicted molar refractivity (Wildman–Crippen MR) is 74.4 cm³/mol. The molecule has 0 aromatic rings. The maximum Gasteiger partial charge on any atom is 0.335 e. The molecular weight excluding hydrogens is 312 g/mol. The van der Waals surface area contributed by atoms with Crippen molar-refractivity contribution in [2.45, 2.75) is 69.3 Å². The number of aliphatic carboxylic acids is 1. The molecule has 0 amide bonds. The van der Waals surface area contributed by atoms with Crippen molar-refractivity contribution in [1.29, 1.82) is 0 Å². The van der Waals surface area contributed by atoms with Gasteiger partial charge in [-0.1, -0.05) is 6.92 Å². The third-order valence-electron chi connectivity index (χ3n) is 4.55. The van der Waals surface area contributed by atoms with Gasteiger partial charge in [0, 0.05) is 12.3 Å². The molecule has 2 aliphatic rings. The zero-order valence-electron chi connectivity index (χ0n) is 13.0. The monoisotopic (exact) mass is 336 g/mol. The van der Waals surface area contributed by atoms with Crippen LogP contribution in [0.2, 0.25) is 0 Å². The van der Waals surface area contributed by atoms with Crippen LogP contribution in [0.1, 0.15) is 20.3 Å². The summed E-state index contributed by atoms with van der Waals surface area (Å²) in [6.45, 7) is 3.49. The Balaban J connectivity index is 2.09. The fraction of sp³-hybridized carbons (Fsp3) is 0.929. The minimum Gasteiger partial charge on any atom is -0.479 e. The molecule has 2 aliphatic heterocycles. The number of hydrogen-bond donors (Lipinski definition) is 5. The first-order valence-electron chi connectivity index (χ1n) is 7.60. The van der Waals surface area contributed by atoms with Gasteiger partial charge in [0.25, 0.3) is 0 Å². The normalized spacial score (nSPS) is 48.2. The van der Waals surface area contributed by atoms with Crippen molar-refractivity contribution in [2.75, 3.05) is 6.61 Å². The van der Waals surface area contributed by atoms with E-state index in [2.05, 4.69) is 0 Å². The van der Waals surface area contributed by atoms with Crippen molar-refractivity contribution < 1.29 is 44.5 Å². The van der Waals surface area contributed by atoms with Crippen LogP contribution in [0.25, 0.3) is 0 Å². The molecule has 9 nitrogen and oxygen atoms in total. The second-order valence-electron chi connectivity index (χ2n) is 6.15.